The van der Waals surface area contributed by atoms with Gasteiger partial charge in [-0.1, -0.05) is 58.9 Å². The normalized spacial score (nSPS) is 17.3. The van der Waals surface area contributed by atoms with Crippen molar-refractivity contribution in [2.45, 2.75) is 52.5 Å². The molecule has 1 atom stereocenters. The maximum atomic E-state index is 13.0. The molecular formula is C23H32N2OS. The van der Waals surface area contributed by atoms with Gasteiger partial charge in [0, 0.05) is 11.4 Å². The van der Waals surface area contributed by atoms with Crippen LogP contribution in [0.3, 0.4) is 0 Å². The van der Waals surface area contributed by atoms with E-state index in [-0.39, 0.29) is 17.4 Å². The number of amides is 1. The van der Waals surface area contributed by atoms with Crippen LogP contribution >= 0.6 is 11.3 Å². The van der Waals surface area contributed by atoms with Crippen LogP contribution in [0.5, 0.6) is 0 Å². The minimum Gasteiger partial charge on any atom is -0.330 e. The van der Waals surface area contributed by atoms with Gasteiger partial charge < -0.3 is 10.2 Å². The topological polar surface area (TPSA) is 32.3 Å². The first-order valence-electron chi connectivity index (χ1n) is 9.94. The van der Waals surface area contributed by atoms with Crippen molar-refractivity contribution in [1.82, 2.24) is 10.2 Å². The standard InChI is InChI=1S/C23H32N2OS/c1-16(2)14-24-15-21(26)25-12-10-20-19(11-13-27-20)22(25)17-6-8-18(9-7-17)23(3,4)5/h6-9,11,13,16,22,24H,10,12,14-15H2,1-5H3/t22-/m0/s1. The molecular weight excluding hydrogens is 352 g/mol. The van der Waals surface area contributed by atoms with E-state index < -0.39 is 0 Å². The molecule has 1 aliphatic heterocycles. The molecule has 3 rings (SSSR count). The van der Waals surface area contributed by atoms with Crippen molar-refractivity contribution < 1.29 is 4.79 Å². The van der Waals surface area contributed by atoms with Crippen molar-refractivity contribution in [1.29, 1.82) is 0 Å². The van der Waals surface area contributed by atoms with Crippen molar-refractivity contribution >= 4 is 17.2 Å². The molecule has 1 N–H and O–H groups in total. The maximum Gasteiger partial charge on any atom is 0.237 e. The van der Waals surface area contributed by atoms with Gasteiger partial charge in [-0.3, -0.25) is 4.79 Å². The highest BCUT2D eigenvalue weighted by molar-refractivity contribution is 7.10. The minimum atomic E-state index is 0.0300. The van der Waals surface area contributed by atoms with Crippen molar-refractivity contribution in [3.05, 3.63) is 57.3 Å². The molecule has 0 bridgehead atoms. The molecule has 1 aliphatic rings. The van der Waals surface area contributed by atoms with Crippen LogP contribution in [0.2, 0.25) is 0 Å². The van der Waals surface area contributed by atoms with Gasteiger partial charge in [0.25, 0.3) is 0 Å². The van der Waals surface area contributed by atoms with E-state index in [0.717, 1.165) is 19.5 Å². The lowest BCUT2D eigenvalue weighted by atomic mass is 9.85. The number of nitrogens with one attached hydrogen (secondary N) is 1. The Bertz CT molecular complexity index is 770. The molecule has 27 heavy (non-hydrogen) atoms. The molecule has 0 spiro atoms. The summed E-state index contributed by atoms with van der Waals surface area (Å²) in [5.41, 5.74) is 3.96. The van der Waals surface area contributed by atoms with E-state index in [9.17, 15) is 4.79 Å². The summed E-state index contributed by atoms with van der Waals surface area (Å²) in [5, 5.41) is 5.47. The molecule has 0 unspecified atom stereocenters. The van der Waals surface area contributed by atoms with Gasteiger partial charge in [0.05, 0.1) is 12.6 Å². The molecule has 0 saturated carbocycles. The summed E-state index contributed by atoms with van der Waals surface area (Å²) in [4.78, 5) is 16.5. The minimum absolute atomic E-state index is 0.0300. The molecule has 1 aromatic heterocycles. The summed E-state index contributed by atoms with van der Waals surface area (Å²) in [6.07, 6.45) is 0.958. The summed E-state index contributed by atoms with van der Waals surface area (Å²) < 4.78 is 0. The van der Waals surface area contributed by atoms with E-state index in [2.05, 4.69) is 80.5 Å². The van der Waals surface area contributed by atoms with Crippen molar-refractivity contribution in [3.8, 4) is 0 Å². The first-order chi connectivity index (χ1) is 12.8. The summed E-state index contributed by atoms with van der Waals surface area (Å²) in [6.45, 7) is 13.1. The molecule has 3 nitrogen and oxygen atoms in total. The number of hydrogen-bond donors (Lipinski definition) is 1. The zero-order valence-electron chi connectivity index (χ0n) is 17.2. The smallest absolute Gasteiger partial charge is 0.237 e. The van der Waals surface area contributed by atoms with Gasteiger partial charge in [-0.2, -0.15) is 0 Å². The predicted molar refractivity (Wildman–Crippen MR) is 114 cm³/mol. The first-order valence-corrected chi connectivity index (χ1v) is 10.8. The number of benzene rings is 1. The molecule has 4 heteroatoms. The van der Waals surface area contributed by atoms with Crippen LogP contribution in [0.4, 0.5) is 0 Å². The van der Waals surface area contributed by atoms with Crippen molar-refractivity contribution in [3.63, 3.8) is 0 Å². The summed E-state index contributed by atoms with van der Waals surface area (Å²) >= 11 is 1.81. The second-order valence-corrected chi connectivity index (χ2v) is 9.94. The number of carbonyl (C=O) groups excluding carboxylic acids is 1. The van der Waals surface area contributed by atoms with E-state index in [1.54, 1.807) is 0 Å². The molecule has 2 aromatic rings. The van der Waals surface area contributed by atoms with Crippen LogP contribution in [0.1, 0.15) is 62.2 Å². The van der Waals surface area contributed by atoms with Gasteiger partial charge in [0.15, 0.2) is 0 Å². The molecule has 0 aliphatic carbocycles. The Labute approximate surface area is 167 Å². The highest BCUT2D eigenvalue weighted by Crippen LogP contribution is 2.38. The van der Waals surface area contributed by atoms with Gasteiger partial charge in [-0.15, -0.1) is 11.3 Å². The number of hydrogen-bond acceptors (Lipinski definition) is 3. The molecule has 0 saturated heterocycles. The largest absolute Gasteiger partial charge is 0.330 e. The Balaban J connectivity index is 1.87. The maximum absolute atomic E-state index is 13.0. The quantitative estimate of drug-likeness (QED) is 0.806. The lowest BCUT2D eigenvalue weighted by Crippen LogP contribution is -2.44. The first kappa shape index (κ1) is 20.1. The van der Waals surface area contributed by atoms with Gasteiger partial charge in [0.1, 0.15) is 0 Å². The zero-order chi connectivity index (χ0) is 19.6. The Morgan fingerprint density at radius 2 is 1.93 bits per heavy atom. The highest BCUT2D eigenvalue weighted by Gasteiger charge is 2.32. The Kier molecular flexibility index (Phi) is 6.07. The van der Waals surface area contributed by atoms with E-state index in [0.29, 0.717) is 12.5 Å². The lowest BCUT2D eigenvalue weighted by Gasteiger charge is -2.37. The number of carbonyl (C=O) groups is 1. The predicted octanol–water partition coefficient (Wildman–Crippen LogP) is 4.77. The fourth-order valence-corrected chi connectivity index (χ4v) is 4.58. The molecule has 0 radical (unpaired) electrons. The second-order valence-electron chi connectivity index (χ2n) is 8.94. The van der Waals surface area contributed by atoms with Crippen molar-refractivity contribution in [2.75, 3.05) is 19.6 Å². The molecule has 0 fully saturated rings. The van der Waals surface area contributed by atoms with Crippen LogP contribution < -0.4 is 5.32 Å². The van der Waals surface area contributed by atoms with E-state index in [4.69, 9.17) is 0 Å². The van der Waals surface area contributed by atoms with Gasteiger partial charge in [0.2, 0.25) is 5.91 Å². The van der Waals surface area contributed by atoms with Crippen LogP contribution in [-0.4, -0.2) is 30.4 Å². The monoisotopic (exact) mass is 384 g/mol. The number of nitrogens with zero attached hydrogens (tertiary/aromatic N) is 1. The third-order valence-corrected chi connectivity index (χ3v) is 6.20. The number of rotatable bonds is 5. The van der Waals surface area contributed by atoms with Crippen LogP contribution in [0.25, 0.3) is 0 Å². The lowest BCUT2D eigenvalue weighted by molar-refractivity contribution is -0.132. The summed E-state index contributed by atoms with van der Waals surface area (Å²) in [7, 11) is 0. The summed E-state index contributed by atoms with van der Waals surface area (Å²) in [6, 6.07) is 11.1. The number of thiophene rings is 1. The van der Waals surface area contributed by atoms with Crippen LogP contribution in [-0.2, 0) is 16.6 Å². The molecule has 2 heterocycles. The zero-order valence-corrected chi connectivity index (χ0v) is 18.0. The van der Waals surface area contributed by atoms with E-state index in [1.165, 1.54) is 21.6 Å². The molecule has 146 valence electrons. The highest BCUT2D eigenvalue weighted by atomic mass is 32.1. The fraction of sp³-hybridized carbons (Fsp3) is 0.522. The summed E-state index contributed by atoms with van der Waals surface area (Å²) in [5.74, 6) is 0.737. The Morgan fingerprint density at radius 3 is 2.56 bits per heavy atom. The second kappa shape index (κ2) is 8.15. The molecule has 1 aromatic carbocycles. The Morgan fingerprint density at radius 1 is 1.22 bits per heavy atom. The third-order valence-electron chi connectivity index (χ3n) is 5.21. The fourth-order valence-electron chi connectivity index (χ4n) is 3.68. The van der Waals surface area contributed by atoms with Crippen molar-refractivity contribution in [2.24, 2.45) is 5.92 Å². The Hall–Kier alpha value is -1.65. The third kappa shape index (κ3) is 4.61. The SMILES string of the molecule is CC(C)CNCC(=O)N1CCc2sccc2[C@@H]1c1ccc(C(C)(C)C)cc1. The average molecular weight is 385 g/mol. The van der Waals surface area contributed by atoms with Crippen LogP contribution in [0.15, 0.2) is 35.7 Å². The van der Waals surface area contributed by atoms with E-state index >= 15 is 0 Å². The number of fused-ring (bicyclic) bond motifs is 1. The molecule has 1 amide bonds. The van der Waals surface area contributed by atoms with E-state index in [1.807, 2.05) is 11.3 Å². The van der Waals surface area contributed by atoms with Gasteiger partial charge in [-0.25, -0.2) is 0 Å². The van der Waals surface area contributed by atoms with Crippen LogP contribution in [0, 0.1) is 5.92 Å². The average Bonchev–Trinajstić information content (AvgIpc) is 3.08. The van der Waals surface area contributed by atoms with Gasteiger partial charge in [-0.05, 0) is 52.4 Å². The van der Waals surface area contributed by atoms with Gasteiger partial charge >= 0.3 is 0 Å².